The van der Waals surface area contributed by atoms with Gasteiger partial charge in [0, 0.05) is 18.0 Å². The Morgan fingerprint density at radius 2 is 2.36 bits per heavy atom. The first-order valence-corrected chi connectivity index (χ1v) is 5.06. The van der Waals surface area contributed by atoms with Gasteiger partial charge >= 0.3 is 0 Å². The van der Waals surface area contributed by atoms with Gasteiger partial charge in [0.25, 0.3) is 0 Å². The molecule has 5 heteroatoms. The van der Waals surface area contributed by atoms with Crippen LogP contribution in [-0.4, -0.2) is 33.4 Å². The molecule has 0 aromatic rings. The maximum Gasteiger partial charge on any atom is 0.173 e. The van der Waals surface area contributed by atoms with Gasteiger partial charge in [-0.15, -0.1) is 0 Å². The molecule has 1 rings (SSSR count). The van der Waals surface area contributed by atoms with Gasteiger partial charge in [0.1, 0.15) is 6.67 Å². The summed E-state index contributed by atoms with van der Waals surface area (Å²) in [4.78, 5) is 0. The van der Waals surface area contributed by atoms with Gasteiger partial charge in [0.2, 0.25) is 0 Å². The fourth-order valence-electron chi connectivity index (χ4n) is 0.943. The van der Waals surface area contributed by atoms with Crippen LogP contribution in [0.5, 0.6) is 0 Å². The van der Waals surface area contributed by atoms with Crippen LogP contribution in [0.3, 0.4) is 0 Å². The molecule has 0 saturated carbocycles. The van der Waals surface area contributed by atoms with E-state index in [2.05, 4.69) is 5.32 Å². The molecule has 0 aromatic carbocycles. The van der Waals surface area contributed by atoms with Gasteiger partial charge in [-0.05, 0) is 0 Å². The highest BCUT2D eigenvalue weighted by Gasteiger charge is 2.20. The van der Waals surface area contributed by atoms with Crippen molar-refractivity contribution in [2.24, 2.45) is 0 Å². The zero-order chi connectivity index (χ0) is 8.32. The van der Waals surface area contributed by atoms with Gasteiger partial charge in [-0.25, -0.2) is 12.8 Å². The second-order valence-electron chi connectivity index (χ2n) is 2.41. The summed E-state index contributed by atoms with van der Waals surface area (Å²) in [6.07, 6.45) is 1.55. The highest BCUT2D eigenvalue weighted by molar-refractivity contribution is 7.94. The molecule has 0 amide bonds. The summed E-state index contributed by atoms with van der Waals surface area (Å²) >= 11 is 0. The summed E-state index contributed by atoms with van der Waals surface area (Å²) in [6, 6.07) is -0.198. The van der Waals surface area contributed by atoms with Crippen LogP contribution in [0.25, 0.3) is 0 Å². The van der Waals surface area contributed by atoms with E-state index in [1.54, 1.807) is 6.08 Å². The van der Waals surface area contributed by atoms with E-state index in [4.69, 9.17) is 0 Å². The fraction of sp³-hybridized carbons (Fsp3) is 0.667. The number of alkyl halides is 1. The minimum Gasteiger partial charge on any atom is -0.307 e. The summed E-state index contributed by atoms with van der Waals surface area (Å²) in [5.41, 5.74) is 0. The van der Waals surface area contributed by atoms with Crippen LogP contribution >= 0.6 is 0 Å². The van der Waals surface area contributed by atoms with E-state index in [0.29, 0.717) is 0 Å². The van der Waals surface area contributed by atoms with Gasteiger partial charge in [0.15, 0.2) is 9.84 Å². The van der Waals surface area contributed by atoms with E-state index in [1.807, 2.05) is 0 Å². The first-order valence-electron chi connectivity index (χ1n) is 3.34. The molecule has 1 N–H and O–H groups in total. The SMILES string of the molecule is O=S1(=O)C=CC(NCCF)C1. The van der Waals surface area contributed by atoms with Crippen molar-refractivity contribution in [3.63, 3.8) is 0 Å². The molecule has 0 aliphatic carbocycles. The van der Waals surface area contributed by atoms with E-state index in [-0.39, 0.29) is 18.3 Å². The largest absolute Gasteiger partial charge is 0.307 e. The van der Waals surface area contributed by atoms with Gasteiger partial charge in [-0.2, -0.15) is 0 Å². The Hall–Kier alpha value is -0.420. The monoisotopic (exact) mass is 179 g/mol. The molecule has 1 aliphatic heterocycles. The summed E-state index contributed by atoms with van der Waals surface area (Å²) in [7, 11) is -2.99. The lowest BCUT2D eigenvalue weighted by atomic mass is 10.3. The lowest BCUT2D eigenvalue weighted by Crippen LogP contribution is -2.31. The summed E-state index contributed by atoms with van der Waals surface area (Å²) in [5.74, 6) is 0.0625. The topological polar surface area (TPSA) is 46.2 Å². The Bertz CT molecular complexity index is 247. The molecule has 1 unspecified atom stereocenters. The molecule has 64 valence electrons. The molecular weight excluding hydrogens is 169 g/mol. The highest BCUT2D eigenvalue weighted by Crippen LogP contribution is 2.06. The summed E-state index contributed by atoms with van der Waals surface area (Å²) in [6.45, 7) is -0.255. The average molecular weight is 179 g/mol. The predicted octanol–water partition coefficient (Wildman–Crippen LogP) is -0.144. The third-order valence-corrected chi connectivity index (χ3v) is 2.83. The lowest BCUT2D eigenvalue weighted by Gasteiger charge is -2.05. The van der Waals surface area contributed by atoms with E-state index >= 15 is 0 Å². The number of nitrogens with one attached hydrogen (secondary N) is 1. The molecule has 0 bridgehead atoms. The summed E-state index contributed by atoms with van der Waals surface area (Å²) < 4.78 is 33.2. The van der Waals surface area contributed by atoms with Crippen LogP contribution in [0.4, 0.5) is 4.39 Å². The van der Waals surface area contributed by atoms with Gasteiger partial charge in [-0.1, -0.05) is 6.08 Å². The van der Waals surface area contributed by atoms with E-state index in [1.165, 1.54) is 5.41 Å². The van der Waals surface area contributed by atoms with Crippen molar-refractivity contribution >= 4 is 9.84 Å². The Kier molecular flexibility index (Phi) is 2.62. The second kappa shape index (κ2) is 3.32. The van der Waals surface area contributed by atoms with Crippen LogP contribution in [0.1, 0.15) is 0 Å². The molecule has 11 heavy (non-hydrogen) atoms. The minimum atomic E-state index is -2.99. The van der Waals surface area contributed by atoms with Crippen LogP contribution in [0.15, 0.2) is 11.5 Å². The van der Waals surface area contributed by atoms with E-state index < -0.39 is 16.5 Å². The number of rotatable bonds is 3. The fourth-order valence-corrected chi connectivity index (χ4v) is 2.21. The van der Waals surface area contributed by atoms with Crippen LogP contribution in [-0.2, 0) is 9.84 Å². The number of hydrogen-bond acceptors (Lipinski definition) is 3. The van der Waals surface area contributed by atoms with Crippen LogP contribution in [0, 0.1) is 0 Å². The highest BCUT2D eigenvalue weighted by atomic mass is 32.2. The van der Waals surface area contributed by atoms with Crippen molar-refractivity contribution in [1.82, 2.24) is 5.32 Å². The average Bonchev–Trinajstić information content (AvgIpc) is 2.26. The zero-order valence-corrected chi connectivity index (χ0v) is 6.77. The third-order valence-electron chi connectivity index (χ3n) is 1.43. The third kappa shape index (κ3) is 2.59. The Labute approximate surface area is 65.2 Å². The second-order valence-corrected chi connectivity index (χ2v) is 4.34. The molecule has 0 saturated heterocycles. The van der Waals surface area contributed by atoms with Gasteiger partial charge < -0.3 is 5.32 Å². The predicted molar refractivity (Wildman–Crippen MR) is 40.7 cm³/mol. The molecule has 0 fully saturated rings. The first kappa shape index (κ1) is 8.67. The molecule has 1 aliphatic rings. The molecule has 0 aromatic heterocycles. The minimum absolute atomic E-state index is 0.0625. The Morgan fingerprint density at radius 3 is 2.82 bits per heavy atom. The maximum absolute atomic E-state index is 11.6. The molecule has 0 spiro atoms. The number of halogens is 1. The van der Waals surface area contributed by atoms with Crippen molar-refractivity contribution in [2.75, 3.05) is 19.0 Å². The molecule has 1 heterocycles. The van der Waals surface area contributed by atoms with Gasteiger partial charge in [-0.3, -0.25) is 0 Å². The standard InChI is InChI=1S/C6H10FNO2S/c7-2-3-8-6-1-4-11(9,10)5-6/h1,4,6,8H,2-3,5H2. The maximum atomic E-state index is 11.6. The zero-order valence-electron chi connectivity index (χ0n) is 5.96. The van der Waals surface area contributed by atoms with Crippen molar-refractivity contribution in [2.45, 2.75) is 6.04 Å². The van der Waals surface area contributed by atoms with E-state index in [9.17, 15) is 12.8 Å². The Morgan fingerprint density at radius 1 is 1.64 bits per heavy atom. The van der Waals surface area contributed by atoms with E-state index in [0.717, 1.165) is 0 Å². The van der Waals surface area contributed by atoms with Crippen LogP contribution in [0.2, 0.25) is 0 Å². The lowest BCUT2D eigenvalue weighted by molar-refractivity contribution is 0.458. The van der Waals surface area contributed by atoms with Crippen molar-refractivity contribution < 1.29 is 12.8 Å². The molecule has 3 nitrogen and oxygen atoms in total. The van der Waals surface area contributed by atoms with Gasteiger partial charge in [0.05, 0.1) is 5.75 Å². The molecule has 0 radical (unpaired) electrons. The quantitative estimate of drug-likeness (QED) is 0.655. The van der Waals surface area contributed by atoms with Crippen LogP contribution < -0.4 is 5.32 Å². The molecule has 1 atom stereocenters. The summed E-state index contributed by atoms with van der Waals surface area (Å²) in [5, 5.41) is 3.92. The Balaban J connectivity index is 2.39. The molecular formula is C6H10FNO2S. The number of sulfone groups is 1. The number of hydrogen-bond donors (Lipinski definition) is 1. The van der Waals surface area contributed by atoms with Crippen molar-refractivity contribution in [3.05, 3.63) is 11.5 Å². The van der Waals surface area contributed by atoms with Crippen molar-refractivity contribution in [3.8, 4) is 0 Å². The normalized spacial score (nSPS) is 27.5. The van der Waals surface area contributed by atoms with Crippen molar-refractivity contribution in [1.29, 1.82) is 0 Å². The smallest absolute Gasteiger partial charge is 0.173 e. The first-order chi connectivity index (χ1) is 5.14.